The highest BCUT2D eigenvalue weighted by molar-refractivity contribution is 6.02. The number of rotatable bonds is 7. The van der Waals surface area contributed by atoms with Gasteiger partial charge in [0.2, 0.25) is 5.91 Å². The number of anilines is 2. The molecule has 0 unspecified atom stereocenters. The zero-order valence-electron chi connectivity index (χ0n) is 17.3. The van der Waals surface area contributed by atoms with Crippen LogP contribution >= 0.6 is 0 Å². The molecule has 0 atom stereocenters. The van der Waals surface area contributed by atoms with Crippen molar-refractivity contribution in [3.05, 3.63) is 54.1 Å². The number of carbonyl (C=O) groups excluding carboxylic acids is 2. The molecule has 1 aliphatic rings. The normalized spacial score (nSPS) is 13.3. The lowest BCUT2D eigenvalue weighted by atomic mass is 10.2. The molecule has 0 saturated carbocycles. The molecule has 2 N–H and O–H groups in total. The number of hydrogen-bond donors (Lipinski definition) is 2. The average Bonchev–Trinajstić information content (AvgIpc) is 3.28. The molecule has 0 aliphatic carbocycles. The molecule has 7 heteroatoms. The van der Waals surface area contributed by atoms with Gasteiger partial charge in [-0.1, -0.05) is 12.1 Å². The van der Waals surface area contributed by atoms with Gasteiger partial charge >= 0.3 is 6.03 Å². The fraction of sp³-hybridized carbons (Fsp3) is 0.304. The lowest BCUT2D eigenvalue weighted by molar-refractivity contribution is -0.111. The number of amides is 3. The van der Waals surface area contributed by atoms with Gasteiger partial charge in [-0.2, -0.15) is 0 Å². The highest BCUT2D eigenvalue weighted by Crippen LogP contribution is 2.28. The number of urea groups is 1. The zero-order chi connectivity index (χ0) is 21.3. The van der Waals surface area contributed by atoms with Crippen molar-refractivity contribution in [1.29, 1.82) is 0 Å². The van der Waals surface area contributed by atoms with Gasteiger partial charge in [0.1, 0.15) is 0 Å². The predicted octanol–water partition coefficient (Wildman–Crippen LogP) is 4.37. The molecule has 30 heavy (non-hydrogen) atoms. The SMILES string of the molecule is CCOc1ccc(/C=C/C(=O)Nc2cccc(NC(=O)N3CCCC3)c2)cc1OC. The molecule has 2 aromatic rings. The zero-order valence-corrected chi connectivity index (χ0v) is 17.3. The Morgan fingerprint density at radius 2 is 1.77 bits per heavy atom. The Labute approximate surface area is 176 Å². The third-order valence-electron chi connectivity index (χ3n) is 4.69. The quantitative estimate of drug-likeness (QED) is 0.666. The number of nitrogens with one attached hydrogen (secondary N) is 2. The van der Waals surface area contributed by atoms with E-state index in [4.69, 9.17) is 9.47 Å². The molecule has 0 radical (unpaired) electrons. The Morgan fingerprint density at radius 1 is 1.03 bits per heavy atom. The summed E-state index contributed by atoms with van der Waals surface area (Å²) in [6, 6.07) is 12.5. The number of nitrogens with zero attached hydrogens (tertiary/aromatic N) is 1. The third kappa shape index (κ3) is 5.76. The van der Waals surface area contributed by atoms with Crippen molar-refractivity contribution in [2.24, 2.45) is 0 Å². The van der Waals surface area contributed by atoms with Crippen LogP contribution in [0.3, 0.4) is 0 Å². The Morgan fingerprint density at radius 3 is 2.47 bits per heavy atom. The minimum atomic E-state index is -0.272. The molecule has 1 aliphatic heterocycles. The Kier molecular flexibility index (Phi) is 7.32. The van der Waals surface area contributed by atoms with E-state index in [0.717, 1.165) is 31.5 Å². The molecule has 2 aromatic carbocycles. The molecule has 0 bridgehead atoms. The number of methoxy groups -OCH3 is 1. The van der Waals surface area contributed by atoms with Gasteiger partial charge in [0.05, 0.1) is 13.7 Å². The second kappa shape index (κ2) is 10.3. The monoisotopic (exact) mass is 409 g/mol. The molecule has 0 spiro atoms. The number of likely N-dealkylation sites (tertiary alicyclic amines) is 1. The third-order valence-corrected chi connectivity index (χ3v) is 4.69. The standard InChI is InChI=1S/C23H27N3O4/c1-3-30-20-11-9-17(15-21(20)29-2)10-12-22(27)24-18-7-6-8-19(16-18)25-23(28)26-13-4-5-14-26/h6-12,15-16H,3-5,13-14H2,1-2H3,(H,24,27)(H,25,28)/b12-10+. The highest BCUT2D eigenvalue weighted by atomic mass is 16.5. The molecule has 3 rings (SSSR count). The van der Waals surface area contributed by atoms with Crippen LogP contribution in [0.4, 0.5) is 16.2 Å². The van der Waals surface area contributed by atoms with Gasteiger partial charge in [0.25, 0.3) is 0 Å². The van der Waals surface area contributed by atoms with E-state index in [1.807, 2.05) is 25.1 Å². The summed E-state index contributed by atoms with van der Waals surface area (Å²) < 4.78 is 10.8. The Bertz CT molecular complexity index is 920. The van der Waals surface area contributed by atoms with Gasteiger partial charge in [-0.25, -0.2) is 4.79 Å². The van der Waals surface area contributed by atoms with E-state index in [0.29, 0.717) is 29.5 Å². The van der Waals surface area contributed by atoms with E-state index in [9.17, 15) is 9.59 Å². The van der Waals surface area contributed by atoms with Crippen LogP contribution in [-0.2, 0) is 4.79 Å². The smallest absolute Gasteiger partial charge is 0.321 e. The van der Waals surface area contributed by atoms with Crippen LogP contribution in [0.15, 0.2) is 48.5 Å². The second-order valence-corrected chi connectivity index (χ2v) is 6.87. The lowest BCUT2D eigenvalue weighted by Crippen LogP contribution is -2.32. The van der Waals surface area contributed by atoms with Crippen molar-refractivity contribution in [1.82, 2.24) is 4.90 Å². The Balaban J connectivity index is 1.60. The van der Waals surface area contributed by atoms with Crippen LogP contribution in [0, 0.1) is 0 Å². The van der Waals surface area contributed by atoms with Crippen molar-refractivity contribution < 1.29 is 19.1 Å². The van der Waals surface area contributed by atoms with Gasteiger partial charge in [-0.05, 0) is 61.7 Å². The molecule has 3 amide bonds. The van der Waals surface area contributed by atoms with E-state index in [1.165, 1.54) is 6.08 Å². The molecule has 1 heterocycles. The van der Waals surface area contributed by atoms with E-state index in [1.54, 1.807) is 42.4 Å². The van der Waals surface area contributed by atoms with Gasteiger partial charge in [0.15, 0.2) is 11.5 Å². The first-order chi connectivity index (χ1) is 14.6. The van der Waals surface area contributed by atoms with Crippen LogP contribution in [0.1, 0.15) is 25.3 Å². The van der Waals surface area contributed by atoms with Crippen molar-refractivity contribution in [2.45, 2.75) is 19.8 Å². The first-order valence-electron chi connectivity index (χ1n) is 10.0. The van der Waals surface area contributed by atoms with Crippen molar-refractivity contribution in [3.8, 4) is 11.5 Å². The van der Waals surface area contributed by atoms with E-state index in [-0.39, 0.29) is 11.9 Å². The molecule has 1 saturated heterocycles. The van der Waals surface area contributed by atoms with Crippen molar-refractivity contribution in [3.63, 3.8) is 0 Å². The van der Waals surface area contributed by atoms with Crippen LogP contribution in [0.25, 0.3) is 6.08 Å². The van der Waals surface area contributed by atoms with Crippen LogP contribution in [0.5, 0.6) is 11.5 Å². The maximum absolute atomic E-state index is 12.3. The molecular formula is C23H27N3O4. The van der Waals surface area contributed by atoms with Crippen LogP contribution < -0.4 is 20.1 Å². The summed E-state index contributed by atoms with van der Waals surface area (Å²) in [4.78, 5) is 26.3. The molecule has 0 aromatic heterocycles. The fourth-order valence-electron chi connectivity index (χ4n) is 3.22. The fourth-order valence-corrected chi connectivity index (χ4v) is 3.22. The summed E-state index contributed by atoms with van der Waals surface area (Å²) in [6.07, 6.45) is 5.23. The summed E-state index contributed by atoms with van der Waals surface area (Å²) in [5, 5.41) is 5.68. The van der Waals surface area contributed by atoms with Crippen LogP contribution in [0.2, 0.25) is 0 Å². The van der Waals surface area contributed by atoms with Gasteiger partial charge in [-0.15, -0.1) is 0 Å². The summed E-state index contributed by atoms with van der Waals surface area (Å²) in [7, 11) is 1.58. The first kappa shape index (κ1) is 21.2. The van der Waals surface area contributed by atoms with Gasteiger partial charge < -0.3 is 25.0 Å². The number of ether oxygens (including phenoxy) is 2. The first-order valence-corrected chi connectivity index (χ1v) is 10.0. The van der Waals surface area contributed by atoms with Gasteiger partial charge in [-0.3, -0.25) is 4.79 Å². The average molecular weight is 409 g/mol. The van der Waals surface area contributed by atoms with E-state index < -0.39 is 0 Å². The largest absolute Gasteiger partial charge is 0.493 e. The lowest BCUT2D eigenvalue weighted by Gasteiger charge is -2.16. The number of hydrogen-bond acceptors (Lipinski definition) is 4. The molecule has 1 fully saturated rings. The maximum Gasteiger partial charge on any atom is 0.321 e. The minimum absolute atomic E-state index is 0.111. The predicted molar refractivity (Wildman–Crippen MR) is 118 cm³/mol. The summed E-state index contributed by atoms with van der Waals surface area (Å²) in [6.45, 7) is 4.02. The highest BCUT2D eigenvalue weighted by Gasteiger charge is 2.17. The Hall–Kier alpha value is -3.48. The van der Waals surface area contributed by atoms with Crippen molar-refractivity contribution in [2.75, 3.05) is 37.4 Å². The minimum Gasteiger partial charge on any atom is -0.493 e. The summed E-state index contributed by atoms with van der Waals surface area (Å²) in [5.74, 6) is 1.00. The molecular weight excluding hydrogens is 382 g/mol. The van der Waals surface area contributed by atoms with E-state index >= 15 is 0 Å². The van der Waals surface area contributed by atoms with E-state index in [2.05, 4.69) is 10.6 Å². The second-order valence-electron chi connectivity index (χ2n) is 6.87. The van der Waals surface area contributed by atoms with Crippen LogP contribution in [-0.4, -0.2) is 43.6 Å². The molecule has 7 nitrogen and oxygen atoms in total. The number of carbonyl (C=O) groups is 2. The molecule has 158 valence electrons. The summed E-state index contributed by atoms with van der Waals surface area (Å²) in [5.41, 5.74) is 2.06. The number of benzene rings is 2. The maximum atomic E-state index is 12.3. The topological polar surface area (TPSA) is 79.9 Å². The van der Waals surface area contributed by atoms with Crippen molar-refractivity contribution >= 4 is 29.4 Å². The summed E-state index contributed by atoms with van der Waals surface area (Å²) >= 11 is 0. The van der Waals surface area contributed by atoms with Gasteiger partial charge in [0, 0.05) is 30.5 Å².